The van der Waals surface area contributed by atoms with E-state index >= 15 is 0 Å². The molecule has 26 heavy (non-hydrogen) atoms. The number of hydrogen-bond acceptors (Lipinski definition) is 2. The predicted molar refractivity (Wildman–Crippen MR) is 108 cm³/mol. The first-order valence-electron chi connectivity index (χ1n) is 9.37. The third-order valence-electron chi connectivity index (χ3n) is 4.72. The van der Waals surface area contributed by atoms with Crippen molar-refractivity contribution in [1.82, 2.24) is 15.1 Å². The van der Waals surface area contributed by atoms with Crippen molar-refractivity contribution in [1.29, 1.82) is 0 Å². The lowest BCUT2D eigenvalue weighted by atomic mass is 10.1. The molecule has 0 radical (unpaired) electrons. The Morgan fingerprint density at radius 1 is 0.923 bits per heavy atom. The van der Waals surface area contributed by atoms with E-state index in [0.717, 1.165) is 25.2 Å². The predicted octanol–water partition coefficient (Wildman–Crippen LogP) is 4.18. The van der Waals surface area contributed by atoms with Crippen molar-refractivity contribution in [2.24, 2.45) is 0 Å². The number of nitrogens with one attached hydrogen (secondary N) is 1. The van der Waals surface area contributed by atoms with Crippen LogP contribution in [0.15, 0.2) is 48.5 Å². The second kappa shape index (κ2) is 9.97. The molecule has 0 atom stereocenters. The van der Waals surface area contributed by atoms with E-state index in [0.29, 0.717) is 13.1 Å². The molecular formula is C22H31N3O. The van der Waals surface area contributed by atoms with Crippen molar-refractivity contribution in [2.75, 3.05) is 20.1 Å². The van der Waals surface area contributed by atoms with Gasteiger partial charge in [-0.3, -0.25) is 4.90 Å². The van der Waals surface area contributed by atoms with Gasteiger partial charge in [0.15, 0.2) is 0 Å². The molecule has 0 aliphatic rings. The van der Waals surface area contributed by atoms with Gasteiger partial charge in [0.1, 0.15) is 0 Å². The average molecular weight is 354 g/mol. The molecule has 4 nitrogen and oxygen atoms in total. The summed E-state index contributed by atoms with van der Waals surface area (Å²) in [6.45, 7) is 10.5. The number of carbonyl (C=O) groups excluding carboxylic acids is 1. The Morgan fingerprint density at radius 2 is 1.54 bits per heavy atom. The Morgan fingerprint density at radius 3 is 2.15 bits per heavy atom. The van der Waals surface area contributed by atoms with Gasteiger partial charge in [0.2, 0.25) is 0 Å². The highest BCUT2D eigenvalue weighted by molar-refractivity contribution is 5.73. The quantitative estimate of drug-likeness (QED) is 0.773. The molecule has 2 aromatic rings. The fourth-order valence-electron chi connectivity index (χ4n) is 2.92. The second-order valence-corrected chi connectivity index (χ2v) is 6.73. The number of nitrogens with zero attached hydrogens (tertiary/aromatic N) is 2. The minimum absolute atomic E-state index is 0.0526. The minimum Gasteiger partial charge on any atom is -0.334 e. The highest BCUT2D eigenvalue weighted by atomic mass is 16.2. The molecule has 0 heterocycles. The lowest BCUT2D eigenvalue weighted by molar-refractivity contribution is 0.206. The van der Waals surface area contributed by atoms with Gasteiger partial charge in [0.25, 0.3) is 0 Å². The highest BCUT2D eigenvalue weighted by Crippen LogP contribution is 2.12. The summed E-state index contributed by atoms with van der Waals surface area (Å²) >= 11 is 0. The molecule has 0 saturated heterocycles. The van der Waals surface area contributed by atoms with Gasteiger partial charge in [-0.1, -0.05) is 67.9 Å². The lowest BCUT2D eigenvalue weighted by Crippen LogP contribution is -2.36. The van der Waals surface area contributed by atoms with Crippen molar-refractivity contribution in [3.63, 3.8) is 0 Å². The number of rotatable bonds is 8. The number of hydrogen-bond donors (Lipinski definition) is 1. The van der Waals surface area contributed by atoms with E-state index in [1.807, 2.05) is 13.1 Å². The third kappa shape index (κ3) is 5.88. The van der Waals surface area contributed by atoms with Gasteiger partial charge in [-0.05, 0) is 36.7 Å². The van der Waals surface area contributed by atoms with E-state index in [1.54, 1.807) is 4.90 Å². The average Bonchev–Trinajstić information content (AvgIpc) is 2.66. The first-order chi connectivity index (χ1) is 12.5. The molecule has 2 rings (SSSR count). The van der Waals surface area contributed by atoms with Gasteiger partial charge >= 0.3 is 6.03 Å². The van der Waals surface area contributed by atoms with E-state index in [1.165, 1.54) is 16.7 Å². The fourth-order valence-corrected chi connectivity index (χ4v) is 2.92. The summed E-state index contributed by atoms with van der Waals surface area (Å²) in [6.07, 6.45) is 0. The van der Waals surface area contributed by atoms with Crippen LogP contribution in [0, 0.1) is 6.92 Å². The van der Waals surface area contributed by atoms with Gasteiger partial charge in [0.05, 0.1) is 0 Å². The summed E-state index contributed by atoms with van der Waals surface area (Å²) in [4.78, 5) is 16.5. The molecule has 1 N–H and O–H groups in total. The van der Waals surface area contributed by atoms with Crippen LogP contribution in [-0.4, -0.2) is 36.0 Å². The maximum absolute atomic E-state index is 12.4. The molecule has 0 bridgehead atoms. The number of carbonyl (C=O) groups is 1. The van der Waals surface area contributed by atoms with Crippen LogP contribution in [-0.2, 0) is 19.6 Å². The van der Waals surface area contributed by atoms with Crippen LogP contribution in [0.1, 0.15) is 36.1 Å². The molecule has 0 aromatic heterocycles. The molecule has 0 spiro atoms. The highest BCUT2D eigenvalue weighted by Gasteiger charge is 2.11. The summed E-state index contributed by atoms with van der Waals surface area (Å²) in [5, 5.41) is 3.05. The Labute approximate surface area is 157 Å². The van der Waals surface area contributed by atoms with E-state index in [4.69, 9.17) is 0 Å². The van der Waals surface area contributed by atoms with Gasteiger partial charge in [0, 0.05) is 26.7 Å². The zero-order valence-electron chi connectivity index (χ0n) is 16.5. The van der Waals surface area contributed by atoms with Crippen LogP contribution in [0.4, 0.5) is 4.79 Å². The van der Waals surface area contributed by atoms with Crippen molar-refractivity contribution in [3.05, 3.63) is 70.8 Å². The van der Waals surface area contributed by atoms with Crippen molar-refractivity contribution >= 4 is 6.03 Å². The zero-order chi connectivity index (χ0) is 18.9. The van der Waals surface area contributed by atoms with Gasteiger partial charge in [-0.15, -0.1) is 0 Å². The lowest BCUT2D eigenvalue weighted by Gasteiger charge is -2.21. The third-order valence-corrected chi connectivity index (χ3v) is 4.72. The first kappa shape index (κ1) is 20.0. The monoisotopic (exact) mass is 353 g/mol. The smallest absolute Gasteiger partial charge is 0.317 e. The Hall–Kier alpha value is -2.33. The number of amides is 2. The van der Waals surface area contributed by atoms with E-state index in [2.05, 4.69) is 73.5 Å². The molecule has 0 saturated carbocycles. The summed E-state index contributed by atoms with van der Waals surface area (Å²) in [7, 11) is 1.83. The molecule has 0 unspecified atom stereocenters. The van der Waals surface area contributed by atoms with E-state index in [9.17, 15) is 4.79 Å². The fraction of sp³-hybridized carbons (Fsp3) is 0.409. The molecule has 0 aliphatic carbocycles. The summed E-state index contributed by atoms with van der Waals surface area (Å²) in [6, 6.07) is 16.6. The van der Waals surface area contributed by atoms with Crippen LogP contribution >= 0.6 is 0 Å². The minimum atomic E-state index is -0.0526. The maximum Gasteiger partial charge on any atom is 0.317 e. The number of benzene rings is 2. The van der Waals surface area contributed by atoms with Gasteiger partial charge in [-0.25, -0.2) is 4.79 Å². The first-order valence-corrected chi connectivity index (χ1v) is 9.37. The molecule has 0 fully saturated rings. The molecular weight excluding hydrogens is 322 g/mol. The van der Waals surface area contributed by atoms with Gasteiger partial charge < -0.3 is 10.2 Å². The molecule has 2 aromatic carbocycles. The largest absolute Gasteiger partial charge is 0.334 e. The van der Waals surface area contributed by atoms with Crippen LogP contribution in [0.3, 0.4) is 0 Å². The Bertz CT molecular complexity index is 693. The van der Waals surface area contributed by atoms with Crippen molar-refractivity contribution in [2.45, 2.75) is 40.4 Å². The Balaban J connectivity index is 1.93. The van der Waals surface area contributed by atoms with Crippen LogP contribution < -0.4 is 5.32 Å². The van der Waals surface area contributed by atoms with E-state index in [-0.39, 0.29) is 6.03 Å². The van der Waals surface area contributed by atoms with Gasteiger partial charge in [-0.2, -0.15) is 0 Å². The SMILES string of the molecule is CCN(CC)Cc1ccccc1CNC(=O)N(C)Cc1ccc(C)cc1. The molecule has 0 aliphatic heterocycles. The normalized spacial score (nSPS) is 10.8. The summed E-state index contributed by atoms with van der Waals surface area (Å²) in [5.41, 5.74) is 4.81. The van der Waals surface area contributed by atoms with Crippen LogP contribution in [0.25, 0.3) is 0 Å². The molecule has 2 amide bonds. The number of aryl methyl sites for hydroxylation is 1. The zero-order valence-corrected chi connectivity index (χ0v) is 16.5. The second-order valence-electron chi connectivity index (χ2n) is 6.73. The number of urea groups is 1. The van der Waals surface area contributed by atoms with Crippen molar-refractivity contribution in [3.8, 4) is 0 Å². The summed E-state index contributed by atoms with van der Waals surface area (Å²) in [5.74, 6) is 0. The van der Waals surface area contributed by atoms with Crippen LogP contribution in [0.2, 0.25) is 0 Å². The molecule has 4 heteroatoms. The summed E-state index contributed by atoms with van der Waals surface area (Å²) < 4.78 is 0. The maximum atomic E-state index is 12.4. The van der Waals surface area contributed by atoms with Crippen molar-refractivity contribution < 1.29 is 4.79 Å². The molecule has 140 valence electrons. The standard InChI is InChI=1S/C22H31N3O/c1-5-25(6-2)17-21-10-8-7-9-20(21)15-23-22(26)24(4)16-19-13-11-18(3)12-14-19/h7-14H,5-6,15-17H2,1-4H3,(H,23,26). The topological polar surface area (TPSA) is 35.6 Å². The van der Waals surface area contributed by atoms with E-state index < -0.39 is 0 Å². The van der Waals surface area contributed by atoms with Crippen LogP contribution in [0.5, 0.6) is 0 Å². The Kier molecular flexibility index (Phi) is 7.67.